The quantitative estimate of drug-likeness (QED) is 0.0145. The second-order valence-electron chi connectivity index (χ2n) is 26.2. The minimum Gasteiger partial charge on any atom is -0.384 e. The Labute approximate surface area is 686 Å². The smallest absolute Gasteiger partial charge is 0.384 e. The van der Waals surface area contributed by atoms with Crippen LogP contribution < -0.4 is 0 Å². The number of carbonyl (C=O) groups excluding carboxylic acids is 6. The van der Waals surface area contributed by atoms with Crippen molar-refractivity contribution in [3.05, 3.63) is 430 Å². The summed E-state index contributed by atoms with van der Waals surface area (Å²) >= 11 is 0. The fourth-order valence-electron chi connectivity index (χ4n) is 13.0. The third-order valence-corrected chi connectivity index (χ3v) is 18.6. The Bertz CT molecular complexity index is 5600. The van der Waals surface area contributed by atoms with Gasteiger partial charge in [0.05, 0.1) is 91.8 Å². The van der Waals surface area contributed by atoms with Gasteiger partial charge in [0, 0.05) is 11.1 Å². The minimum atomic E-state index is -3.65. The van der Waals surface area contributed by atoms with Gasteiger partial charge in [-0.25, -0.2) is 28.8 Å². The molecule has 12 aromatic carbocycles. The van der Waals surface area contributed by atoms with Crippen molar-refractivity contribution in [1.29, 1.82) is 31.6 Å². The molecular formula is C101H66N6O12. The second-order valence-corrected chi connectivity index (χ2v) is 26.2. The molecule has 0 aromatic heterocycles. The zero-order valence-corrected chi connectivity index (χ0v) is 63.3. The number of benzene rings is 12. The number of esters is 6. The summed E-state index contributed by atoms with van der Waals surface area (Å²) in [5.41, 5.74) is -3.00. The highest BCUT2D eigenvalue weighted by Gasteiger charge is 2.51. The van der Waals surface area contributed by atoms with E-state index in [1.165, 1.54) is 146 Å². The zero-order valence-electron chi connectivity index (χ0n) is 63.3. The van der Waals surface area contributed by atoms with E-state index in [4.69, 9.17) is 28.4 Å². The molecular weight excluding hydrogens is 1490 g/mol. The number of nitrogens with zero attached hydrogens (tertiary/aromatic N) is 6. The predicted molar refractivity (Wildman–Crippen MR) is 448 cm³/mol. The van der Waals surface area contributed by atoms with E-state index < -0.39 is 100 Å². The summed E-state index contributed by atoms with van der Waals surface area (Å²) in [5, 5.41) is 67.4. The van der Waals surface area contributed by atoms with Crippen LogP contribution in [0.5, 0.6) is 0 Å². The molecule has 0 spiro atoms. The number of carbonyl (C=O) groups is 6. The Balaban J connectivity index is 1.18. The Hall–Kier alpha value is -17.2. The van der Waals surface area contributed by atoms with Crippen LogP contribution in [0.3, 0.4) is 0 Å². The van der Waals surface area contributed by atoms with Crippen molar-refractivity contribution in [3.63, 3.8) is 0 Å². The highest BCUT2D eigenvalue weighted by Crippen LogP contribution is 2.42. The number of rotatable bonds is 28. The van der Waals surface area contributed by atoms with E-state index in [1.54, 1.807) is 218 Å². The van der Waals surface area contributed by atoms with Crippen LogP contribution in [-0.2, 0) is 57.2 Å². The van der Waals surface area contributed by atoms with Crippen molar-refractivity contribution in [2.45, 2.75) is 31.2 Å². The van der Waals surface area contributed by atoms with Crippen LogP contribution in [-0.4, -0.2) is 47.8 Å². The molecule has 18 nitrogen and oxygen atoms in total. The topological polar surface area (TPSA) is 301 Å². The summed E-state index contributed by atoms with van der Waals surface area (Å²) in [5.74, 6) is -16.4. The van der Waals surface area contributed by atoms with Crippen LogP contribution in [0.15, 0.2) is 352 Å². The van der Waals surface area contributed by atoms with Gasteiger partial charge in [-0.3, -0.25) is 0 Å². The molecule has 12 aromatic rings. The van der Waals surface area contributed by atoms with Gasteiger partial charge < -0.3 is 28.4 Å². The lowest BCUT2D eigenvalue weighted by Gasteiger charge is -2.35. The summed E-state index contributed by atoms with van der Waals surface area (Å²) in [6.07, 6.45) is -0.790. The van der Waals surface area contributed by atoms with Crippen molar-refractivity contribution in [2.75, 3.05) is 0 Å². The van der Waals surface area contributed by atoms with E-state index in [1.807, 2.05) is 0 Å². The summed E-state index contributed by atoms with van der Waals surface area (Å²) in [7, 11) is 0. The van der Waals surface area contributed by atoms with Gasteiger partial charge in [0.1, 0.15) is 24.3 Å². The van der Waals surface area contributed by atoms with Crippen molar-refractivity contribution in [1.82, 2.24) is 0 Å². The SMILES string of the molecule is N#C/C(=C(\C(=O)OC(CCCC(OC(=O)/C(=C(\C#N)c1ccccc1)c1ccccc1)(OC(=O)/C(=C(\C#N)c1ccccc1)c1ccccc1)OC(=O)/C(=C/c1ccccc1)c1ccccc1C#N)(OC(=O)/C(=C\c1ccccc1)c1ccccc1C#N)OC(=O)/C(=C(\C#N)c1ccccc1)c1ccccc1)c1ccccc1)c1ccccc1. The second kappa shape index (κ2) is 39.3. The van der Waals surface area contributed by atoms with Gasteiger partial charge in [0.15, 0.2) is 0 Å². The van der Waals surface area contributed by atoms with E-state index >= 15 is 28.8 Å². The van der Waals surface area contributed by atoms with Gasteiger partial charge in [0.25, 0.3) is 0 Å². The largest absolute Gasteiger partial charge is 0.424 e. The van der Waals surface area contributed by atoms with Crippen LogP contribution in [0.25, 0.3) is 67.9 Å². The monoisotopic (exact) mass is 1550 g/mol. The molecule has 0 heterocycles. The summed E-state index contributed by atoms with van der Waals surface area (Å²) in [4.78, 5) is 99.4. The van der Waals surface area contributed by atoms with Crippen LogP contribution in [0.4, 0.5) is 0 Å². The lowest BCUT2D eigenvalue weighted by atomic mass is 9.95. The molecule has 0 saturated carbocycles. The lowest BCUT2D eigenvalue weighted by Crippen LogP contribution is -2.47. The van der Waals surface area contributed by atoms with Crippen LogP contribution in [0.1, 0.15) is 97.2 Å². The molecule has 0 amide bonds. The predicted octanol–water partition coefficient (Wildman–Crippen LogP) is 19.5. The molecule has 0 aliphatic rings. The van der Waals surface area contributed by atoms with E-state index in [9.17, 15) is 31.6 Å². The Morgan fingerprint density at radius 1 is 0.244 bits per heavy atom. The summed E-state index contributed by atoms with van der Waals surface area (Å²) in [6, 6.07) is 104. The fraction of sp³-hybridized carbons (Fsp3) is 0.0495. The number of ether oxygens (including phenoxy) is 6. The molecule has 0 unspecified atom stereocenters. The van der Waals surface area contributed by atoms with Gasteiger partial charge in [-0.05, 0) is 86.3 Å². The molecule has 0 radical (unpaired) electrons. The third-order valence-electron chi connectivity index (χ3n) is 18.6. The molecule has 0 bridgehead atoms. The fourth-order valence-corrected chi connectivity index (χ4v) is 13.0. The molecule has 0 N–H and O–H groups in total. The van der Waals surface area contributed by atoms with Crippen LogP contribution in [0.2, 0.25) is 0 Å². The number of hydrogen-bond donors (Lipinski definition) is 0. The first-order valence-corrected chi connectivity index (χ1v) is 37.1. The van der Waals surface area contributed by atoms with Gasteiger partial charge >= 0.3 is 47.8 Å². The maximum Gasteiger partial charge on any atom is 0.424 e. The summed E-state index contributed by atoms with van der Waals surface area (Å²) in [6.45, 7) is 0. The highest BCUT2D eigenvalue weighted by molar-refractivity contribution is 6.30. The van der Waals surface area contributed by atoms with E-state index in [2.05, 4.69) is 36.4 Å². The number of nitriles is 6. The molecule has 119 heavy (non-hydrogen) atoms. The van der Waals surface area contributed by atoms with Crippen LogP contribution >= 0.6 is 0 Å². The van der Waals surface area contributed by atoms with Crippen molar-refractivity contribution >= 4 is 104 Å². The molecule has 0 saturated heterocycles. The average molecular weight is 1560 g/mol. The average Bonchev–Trinajstić information content (AvgIpc) is 0.777. The Morgan fingerprint density at radius 2 is 0.437 bits per heavy atom. The van der Waals surface area contributed by atoms with Gasteiger partial charge in [-0.2, -0.15) is 31.6 Å². The number of allylic oxidation sites excluding steroid dienone is 4. The normalized spacial score (nSPS) is 12.1. The van der Waals surface area contributed by atoms with Gasteiger partial charge in [0.2, 0.25) is 0 Å². The molecule has 0 aliphatic heterocycles. The van der Waals surface area contributed by atoms with Crippen molar-refractivity contribution in [2.24, 2.45) is 0 Å². The molecule has 12 rings (SSSR count). The lowest BCUT2D eigenvalue weighted by molar-refractivity contribution is -0.337. The minimum absolute atomic E-state index is 0.0314. The summed E-state index contributed by atoms with van der Waals surface area (Å²) < 4.78 is 40.5. The van der Waals surface area contributed by atoms with Crippen LogP contribution in [0, 0.1) is 68.0 Å². The van der Waals surface area contributed by atoms with Gasteiger partial charge in [-0.15, -0.1) is 0 Å². The molecule has 0 atom stereocenters. The Kier molecular flexibility index (Phi) is 26.9. The van der Waals surface area contributed by atoms with E-state index in [-0.39, 0.29) is 89.1 Å². The highest BCUT2D eigenvalue weighted by atomic mass is 16.9. The maximum atomic E-state index is 16.6. The van der Waals surface area contributed by atoms with E-state index in [0.29, 0.717) is 11.1 Å². The van der Waals surface area contributed by atoms with Gasteiger partial charge in [-0.1, -0.05) is 340 Å². The first-order valence-electron chi connectivity index (χ1n) is 37.1. The standard InChI is InChI=1S/C101H66N6O12/c102-64-80-56-31-33-58-82(80)84(62-70-36-11-1-12-37-70)94(108)114-100(116-96(110)90(76-48-23-7-24-49-76)86(66-104)72-40-15-3-16-41-72,117-97(111)91(77-50-25-8-26-51-77)87(67-105)73-42-17-4-18-43-73)60-35-61-101(115-95(109)85(63-71-38-13-2-14-39-71)83-59-34-32-57-81(83)65-103,118-98(112)92(78-52-27-9-28-53-78)88(68-106)74-44-19-5-20-45-74)119-99(113)93(79-54-29-10-30-55-79)89(69-107)75-46-21-6-22-47-75/h1-34,36-59,62-63H,35,60-61H2/b84-62-,85-63+,90-86+,91-87+,92-88+,93-89+. The molecule has 572 valence electrons. The van der Waals surface area contributed by atoms with Crippen molar-refractivity contribution in [3.8, 4) is 36.4 Å². The maximum absolute atomic E-state index is 16.6. The first kappa shape index (κ1) is 81.3. The van der Waals surface area contributed by atoms with Crippen molar-refractivity contribution < 1.29 is 57.2 Å². The third kappa shape index (κ3) is 19.8. The molecule has 0 aliphatic carbocycles. The zero-order chi connectivity index (χ0) is 83.4. The first-order chi connectivity index (χ1) is 58.2. The Morgan fingerprint density at radius 3 is 0.655 bits per heavy atom. The molecule has 18 heteroatoms. The number of hydrogen-bond acceptors (Lipinski definition) is 18. The molecule has 0 fully saturated rings. The van der Waals surface area contributed by atoms with E-state index in [0.717, 1.165) is 0 Å².